The lowest BCUT2D eigenvalue weighted by Crippen LogP contribution is -2.44. The van der Waals surface area contributed by atoms with E-state index in [0.717, 1.165) is 57.1 Å². The van der Waals surface area contributed by atoms with Gasteiger partial charge in [-0.15, -0.1) is 0 Å². The van der Waals surface area contributed by atoms with Crippen molar-refractivity contribution in [1.82, 2.24) is 9.97 Å². The maximum atomic E-state index is 9.48. The highest BCUT2D eigenvalue weighted by molar-refractivity contribution is 5.50. The molecule has 0 saturated carbocycles. The van der Waals surface area contributed by atoms with Crippen LogP contribution in [0.5, 0.6) is 0 Å². The summed E-state index contributed by atoms with van der Waals surface area (Å²) in [6.07, 6.45) is 5.44. The molecule has 23 heavy (non-hydrogen) atoms. The van der Waals surface area contributed by atoms with Crippen molar-refractivity contribution in [1.29, 1.82) is 0 Å². The fourth-order valence-corrected chi connectivity index (χ4v) is 3.38. The lowest BCUT2D eigenvalue weighted by atomic mass is 9.94. The molecule has 7 heteroatoms. The van der Waals surface area contributed by atoms with Gasteiger partial charge in [-0.25, -0.2) is 9.97 Å². The molecule has 0 spiro atoms. The van der Waals surface area contributed by atoms with E-state index in [9.17, 15) is 5.11 Å². The van der Waals surface area contributed by atoms with Gasteiger partial charge >= 0.3 is 0 Å². The monoisotopic (exact) mass is 322 g/mol. The van der Waals surface area contributed by atoms with E-state index in [1.165, 1.54) is 0 Å². The van der Waals surface area contributed by atoms with Gasteiger partial charge in [-0.3, -0.25) is 0 Å². The molecule has 3 heterocycles. The first-order chi connectivity index (χ1) is 11.3. The number of aliphatic hydroxyl groups is 1. The molecule has 0 amide bonds. The van der Waals surface area contributed by atoms with E-state index in [2.05, 4.69) is 20.2 Å². The van der Waals surface area contributed by atoms with Crippen LogP contribution in [0.1, 0.15) is 25.7 Å². The third-order valence-corrected chi connectivity index (χ3v) is 4.96. The van der Waals surface area contributed by atoms with Crippen molar-refractivity contribution in [2.45, 2.75) is 37.3 Å². The first-order valence-electron chi connectivity index (χ1n) is 8.33. The number of nitrogens with one attached hydrogen (secondary N) is 1. The summed E-state index contributed by atoms with van der Waals surface area (Å²) in [6.45, 7) is 3.26. The Balaban J connectivity index is 1.65. The highest BCUT2D eigenvalue weighted by Gasteiger charge is 2.32. The number of hydrogen-bond acceptors (Lipinski definition) is 7. The highest BCUT2D eigenvalue weighted by atomic mass is 16.5. The van der Waals surface area contributed by atoms with Gasteiger partial charge in [-0.05, 0) is 12.8 Å². The Morgan fingerprint density at radius 3 is 3.00 bits per heavy atom. The van der Waals surface area contributed by atoms with E-state index in [0.29, 0.717) is 6.54 Å². The van der Waals surface area contributed by atoms with Crippen molar-refractivity contribution in [3.63, 3.8) is 0 Å². The van der Waals surface area contributed by atoms with Crippen molar-refractivity contribution < 1.29 is 14.6 Å². The lowest BCUT2D eigenvalue weighted by molar-refractivity contribution is -0.0807. The Morgan fingerprint density at radius 1 is 1.43 bits per heavy atom. The maximum absolute atomic E-state index is 9.48. The second-order valence-electron chi connectivity index (χ2n) is 6.29. The zero-order valence-electron chi connectivity index (χ0n) is 13.7. The van der Waals surface area contributed by atoms with Gasteiger partial charge in [0.15, 0.2) is 0 Å². The Kier molecular flexibility index (Phi) is 5.30. The number of nitrogens with zero attached hydrogens (tertiary/aromatic N) is 3. The number of hydrogen-bond donors (Lipinski definition) is 2. The van der Waals surface area contributed by atoms with Crippen LogP contribution in [-0.2, 0) is 9.47 Å². The molecular weight excluding hydrogens is 296 g/mol. The van der Waals surface area contributed by atoms with Crippen LogP contribution >= 0.6 is 0 Å². The SMILES string of the molecule is COC1(CNc2cc(N3CCCC3CO)ncn2)CCOCC1. The van der Waals surface area contributed by atoms with E-state index in [1.807, 2.05) is 6.07 Å². The van der Waals surface area contributed by atoms with Gasteiger partial charge in [-0.2, -0.15) is 0 Å². The van der Waals surface area contributed by atoms with Gasteiger partial charge in [0, 0.05) is 52.3 Å². The van der Waals surface area contributed by atoms with E-state index < -0.39 is 0 Å². The number of anilines is 2. The molecule has 0 aromatic carbocycles. The van der Waals surface area contributed by atoms with E-state index in [-0.39, 0.29) is 18.2 Å². The minimum Gasteiger partial charge on any atom is -0.394 e. The van der Waals surface area contributed by atoms with Crippen molar-refractivity contribution in [2.75, 3.05) is 50.2 Å². The molecule has 7 nitrogen and oxygen atoms in total. The standard InChI is InChI=1S/C16H26N4O3/c1-22-16(4-7-23-8-5-16)11-17-14-9-15(19-12-18-14)20-6-2-3-13(20)10-21/h9,12-13,21H,2-8,10-11H2,1H3,(H,17,18,19). The molecule has 0 radical (unpaired) electrons. The average Bonchev–Trinajstić information content (AvgIpc) is 3.10. The van der Waals surface area contributed by atoms with Crippen LogP contribution in [-0.4, -0.2) is 66.7 Å². The van der Waals surface area contributed by atoms with E-state index >= 15 is 0 Å². The van der Waals surface area contributed by atoms with Crippen molar-refractivity contribution in [3.8, 4) is 0 Å². The molecular formula is C16H26N4O3. The number of aromatic nitrogens is 2. The molecule has 2 aliphatic heterocycles. The Hall–Kier alpha value is -1.44. The van der Waals surface area contributed by atoms with Crippen molar-refractivity contribution >= 4 is 11.6 Å². The molecule has 1 atom stereocenters. The summed E-state index contributed by atoms with van der Waals surface area (Å²) in [5, 5.41) is 12.9. The zero-order chi connectivity index (χ0) is 16.1. The summed E-state index contributed by atoms with van der Waals surface area (Å²) in [5.41, 5.74) is -0.190. The van der Waals surface area contributed by atoms with E-state index in [1.54, 1.807) is 13.4 Å². The van der Waals surface area contributed by atoms with Crippen LogP contribution in [0.15, 0.2) is 12.4 Å². The van der Waals surface area contributed by atoms with Gasteiger partial charge in [-0.1, -0.05) is 0 Å². The van der Waals surface area contributed by atoms with Crippen LogP contribution in [0.3, 0.4) is 0 Å². The summed E-state index contributed by atoms with van der Waals surface area (Å²) in [5.74, 6) is 1.67. The van der Waals surface area contributed by atoms with Gasteiger partial charge < -0.3 is 24.8 Å². The Labute approximate surface area is 137 Å². The first-order valence-corrected chi connectivity index (χ1v) is 8.33. The smallest absolute Gasteiger partial charge is 0.134 e. The number of aliphatic hydroxyl groups excluding tert-OH is 1. The fraction of sp³-hybridized carbons (Fsp3) is 0.750. The predicted molar refractivity (Wildman–Crippen MR) is 87.8 cm³/mol. The Bertz CT molecular complexity index is 508. The molecule has 2 aliphatic rings. The van der Waals surface area contributed by atoms with Gasteiger partial charge in [0.25, 0.3) is 0 Å². The second-order valence-corrected chi connectivity index (χ2v) is 6.29. The molecule has 1 aromatic heterocycles. The molecule has 2 saturated heterocycles. The van der Waals surface area contributed by atoms with Crippen LogP contribution in [0.2, 0.25) is 0 Å². The fourth-order valence-electron chi connectivity index (χ4n) is 3.38. The molecule has 3 rings (SSSR count). The largest absolute Gasteiger partial charge is 0.394 e. The van der Waals surface area contributed by atoms with Crippen LogP contribution < -0.4 is 10.2 Å². The number of methoxy groups -OCH3 is 1. The second kappa shape index (κ2) is 7.42. The molecule has 2 N–H and O–H groups in total. The average molecular weight is 322 g/mol. The summed E-state index contributed by atoms with van der Waals surface area (Å²) in [7, 11) is 1.76. The summed E-state index contributed by atoms with van der Waals surface area (Å²) in [6, 6.07) is 2.12. The Morgan fingerprint density at radius 2 is 2.26 bits per heavy atom. The molecule has 0 aliphatic carbocycles. The third kappa shape index (κ3) is 3.73. The van der Waals surface area contributed by atoms with Crippen LogP contribution in [0, 0.1) is 0 Å². The van der Waals surface area contributed by atoms with Crippen molar-refractivity contribution in [2.24, 2.45) is 0 Å². The molecule has 1 aromatic rings. The minimum absolute atomic E-state index is 0.165. The summed E-state index contributed by atoms with van der Waals surface area (Å²) in [4.78, 5) is 10.8. The summed E-state index contributed by atoms with van der Waals surface area (Å²) < 4.78 is 11.2. The number of rotatable bonds is 6. The molecule has 2 fully saturated rings. The first kappa shape index (κ1) is 16.4. The van der Waals surface area contributed by atoms with Crippen LogP contribution in [0.25, 0.3) is 0 Å². The third-order valence-electron chi connectivity index (χ3n) is 4.96. The molecule has 128 valence electrons. The molecule has 0 bridgehead atoms. The minimum atomic E-state index is -0.190. The van der Waals surface area contributed by atoms with Crippen LogP contribution in [0.4, 0.5) is 11.6 Å². The van der Waals surface area contributed by atoms with Crippen molar-refractivity contribution in [3.05, 3.63) is 12.4 Å². The zero-order valence-corrected chi connectivity index (χ0v) is 13.7. The number of ether oxygens (including phenoxy) is 2. The predicted octanol–water partition coefficient (Wildman–Crippen LogP) is 1.05. The quantitative estimate of drug-likeness (QED) is 0.810. The molecule has 1 unspecified atom stereocenters. The van der Waals surface area contributed by atoms with E-state index in [4.69, 9.17) is 9.47 Å². The van der Waals surface area contributed by atoms with Gasteiger partial charge in [0.05, 0.1) is 18.2 Å². The van der Waals surface area contributed by atoms with Gasteiger partial charge in [0.2, 0.25) is 0 Å². The topological polar surface area (TPSA) is 79.7 Å². The highest BCUT2D eigenvalue weighted by Crippen LogP contribution is 2.27. The summed E-state index contributed by atoms with van der Waals surface area (Å²) >= 11 is 0. The lowest BCUT2D eigenvalue weighted by Gasteiger charge is -2.36. The maximum Gasteiger partial charge on any atom is 0.134 e. The van der Waals surface area contributed by atoms with Gasteiger partial charge in [0.1, 0.15) is 18.0 Å². The normalized spacial score (nSPS) is 23.9.